The maximum atomic E-state index is 13.9. The average molecular weight is 486 g/mol. The first kappa shape index (κ1) is 23.7. The molecular weight excluding hydrogens is 458 g/mol. The third kappa shape index (κ3) is 3.75. The van der Waals surface area contributed by atoms with E-state index in [0.717, 1.165) is 11.1 Å². The highest BCUT2D eigenvalue weighted by Crippen LogP contribution is 2.54. The van der Waals surface area contributed by atoms with Gasteiger partial charge in [0.25, 0.3) is 11.8 Å². The first-order chi connectivity index (χ1) is 17.4. The lowest BCUT2D eigenvalue weighted by molar-refractivity contribution is -0.182. The molecule has 2 fully saturated rings. The Morgan fingerprint density at radius 2 is 1.36 bits per heavy atom. The van der Waals surface area contributed by atoms with E-state index >= 15 is 0 Å². The van der Waals surface area contributed by atoms with Crippen molar-refractivity contribution >= 4 is 17.8 Å². The van der Waals surface area contributed by atoms with E-state index in [1.54, 1.807) is 35.3 Å². The number of nitrogens with one attached hydrogen (secondary N) is 1. The minimum atomic E-state index is -1.90. The highest BCUT2D eigenvalue weighted by atomic mass is 16.5. The van der Waals surface area contributed by atoms with Crippen LogP contribution in [-0.4, -0.2) is 51.8 Å². The molecule has 2 heterocycles. The zero-order valence-corrected chi connectivity index (χ0v) is 19.9. The van der Waals surface area contributed by atoms with E-state index in [1.165, 1.54) is 19.0 Å². The summed E-state index contributed by atoms with van der Waals surface area (Å²) < 4.78 is 5.08. The number of carbonyl (C=O) groups is 3. The van der Waals surface area contributed by atoms with Gasteiger partial charge in [-0.3, -0.25) is 14.4 Å². The first-order valence-electron chi connectivity index (χ1n) is 11.7. The standard InChI is InChI=1S/C28H27N3O5/c1-28(35)21(27(34)36-2)23(18-12-6-3-7-13-18)30-24(19-14-8-4-9-15-19)22(26(33)31(28)30)29-25(32)20-16-10-5-11-17-20/h3-17,21-24,35H,1-2H3,(H,29,32)/t21?,22-,23+,24-,28?/m1/s1. The molecule has 5 atom stereocenters. The molecule has 0 spiro atoms. The Hall–Kier alpha value is -4.01. The van der Waals surface area contributed by atoms with E-state index in [-0.39, 0.29) is 0 Å². The largest absolute Gasteiger partial charge is 0.469 e. The normalized spacial score (nSPS) is 27.5. The number of hydrazine groups is 1. The van der Waals surface area contributed by atoms with Gasteiger partial charge in [0.2, 0.25) is 0 Å². The van der Waals surface area contributed by atoms with Crippen LogP contribution in [0.5, 0.6) is 0 Å². The molecule has 2 amide bonds. The molecule has 8 nitrogen and oxygen atoms in total. The Bertz CT molecular complexity index is 1270. The Morgan fingerprint density at radius 1 is 0.861 bits per heavy atom. The second-order valence-electron chi connectivity index (χ2n) is 9.15. The van der Waals surface area contributed by atoms with E-state index in [9.17, 15) is 19.5 Å². The van der Waals surface area contributed by atoms with E-state index in [2.05, 4.69) is 5.32 Å². The van der Waals surface area contributed by atoms with Gasteiger partial charge in [-0.05, 0) is 30.2 Å². The van der Waals surface area contributed by atoms with E-state index in [0.29, 0.717) is 5.56 Å². The smallest absolute Gasteiger partial charge is 0.315 e. The van der Waals surface area contributed by atoms with Crippen LogP contribution in [0.15, 0.2) is 91.0 Å². The van der Waals surface area contributed by atoms with Gasteiger partial charge < -0.3 is 15.2 Å². The van der Waals surface area contributed by atoms with Gasteiger partial charge in [-0.15, -0.1) is 0 Å². The summed E-state index contributed by atoms with van der Waals surface area (Å²) in [6, 6.07) is 24.8. The van der Waals surface area contributed by atoms with E-state index in [4.69, 9.17) is 4.74 Å². The van der Waals surface area contributed by atoms with Gasteiger partial charge in [-0.1, -0.05) is 78.9 Å². The molecule has 0 radical (unpaired) electrons. The molecular formula is C28H27N3O5. The predicted octanol–water partition coefficient (Wildman–Crippen LogP) is 2.84. The lowest BCUT2D eigenvalue weighted by Crippen LogP contribution is -2.53. The number of ether oxygens (including phenoxy) is 1. The van der Waals surface area contributed by atoms with Crippen molar-refractivity contribution in [1.29, 1.82) is 0 Å². The van der Waals surface area contributed by atoms with Crippen LogP contribution in [0.3, 0.4) is 0 Å². The molecule has 2 saturated heterocycles. The monoisotopic (exact) mass is 485 g/mol. The molecule has 3 aromatic carbocycles. The highest BCUT2D eigenvalue weighted by molar-refractivity contribution is 5.98. The Morgan fingerprint density at radius 3 is 1.89 bits per heavy atom. The van der Waals surface area contributed by atoms with Crippen LogP contribution in [-0.2, 0) is 14.3 Å². The van der Waals surface area contributed by atoms with Gasteiger partial charge in [0.15, 0.2) is 5.72 Å². The molecule has 2 aliphatic heterocycles. The summed E-state index contributed by atoms with van der Waals surface area (Å²) in [4.78, 5) is 40.1. The van der Waals surface area contributed by atoms with Crippen molar-refractivity contribution in [3.8, 4) is 0 Å². The summed E-state index contributed by atoms with van der Waals surface area (Å²) in [5.74, 6) is -2.62. The summed E-state index contributed by atoms with van der Waals surface area (Å²) >= 11 is 0. The first-order valence-corrected chi connectivity index (χ1v) is 11.7. The maximum Gasteiger partial charge on any atom is 0.315 e. The number of rotatable bonds is 5. The van der Waals surface area contributed by atoms with Crippen molar-refractivity contribution in [1.82, 2.24) is 15.3 Å². The number of hydrogen-bond donors (Lipinski definition) is 2. The van der Waals surface area contributed by atoms with Crippen LogP contribution < -0.4 is 5.32 Å². The van der Waals surface area contributed by atoms with Gasteiger partial charge in [0.1, 0.15) is 12.0 Å². The van der Waals surface area contributed by atoms with Crippen molar-refractivity contribution in [2.24, 2.45) is 5.92 Å². The lowest BCUT2D eigenvalue weighted by atomic mass is 9.84. The molecule has 36 heavy (non-hydrogen) atoms. The van der Waals surface area contributed by atoms with Gasteiger partial charge >= 0.3 is 5.97 Å². The number of hydrogen-bond acceptors (Lipinski definition) is 6. The van der Waals surface area contributed by atoms with Crippen LogP contribution in [0.4, 0.5) is 0 Å². The number of carbonyl (C=O) groups excluding carboxylic acids is 3. The molecule has 0 aliphatic carbocycles. The van der Waals surface area contributed by atoms with Gasteiger partial charge in [-0.2, -0.15) is 5.01 Å². The second-order valence-corrected chi connectivity index (χ2v) is 9.15. The number of fused-ring (bicyclic) bond motifs is 1. The number of esters is 1. The van der Waals surface area contributed by atoms with Crippen LogP contribution in [0, 0.1) is 5.92 Å². The Kier molecular flexibility index (Phi) is 6.07. The summed E-state index contributed by atoms with van der Waals surface area (Å²) in [5, 5.41) is 17.6. The maximum absolute atomic E-state index is 13.9. The predicted molar refractivity (Wildman–Crippen MR) is 131 cm³/mol. The molecule has 0 saturated carbocycles. The third-order valence-electron chi connectivity index (χ3n) is 6.99. The Labute approximate surface area is 209 Å². The number of benzene rings is 3. The van der Waals surface area contributed by atoms with Crippen LogP contribution in [0.1, 0.15) is 40.5 Å². The summed E-state index contributed by atoms with van der Waals surface area (Å²) in [5.41, 5.74) is 0.00981. The molecule has 2 aliphatic rings. The van der Waals surface area contributed by atoms with Crippen molar-refractivity contribution in [2.75, 3.05) is 7.11 Å². The second kappa shape index (κ2) is 9.22. The number of aliphatic hydroxyl groups is 1. The molecule has 3 aromatic rings. The van der Waals surface area contributed by atoms with E-state index in [1.807, 2.05) is 60.7 Å². The third-order valence-corrected chi connectivity index (χ3v) is 6.99. The SMILES string of the molecule is COC(=O)C1[C@H](c2ccccc2)N2[C@H](c3ccccc3)[C@@H](NC(=O)c3ccccc3)C(=O)N2C1(C)O. The van der Waals surface area contributed by atoms with Crippen molar-refractivity contribution in [3.05, 3.63) is 108 Å². The average Bonchev–Trinajstić information content (AvgIpc) is 3.33. The van der Waals surface area contributed by atoms with Crippen molar-refractivity contribution in [2.45, 2.75) is 30.8 Å². The molecule has 0 aromatic heterocycles. The summed E-state index contributed by atoms with van der Waals surface area (Å²) in [6.45, 7) is 1.44. The molecule has 2 N–H and O–H groups in total. The van der Waals surface area contributed by atoms with Crippen molar-refractivity contribution in [3.63, 3.8) is 0 Å². The minimum absolute atomic E-state index is 0.405. The molecule has 8 heteroatoms. The fraction of sp³-hybridized carbons (Fsp3) is 0.250. The van der Waals surface area contributed by atoms with Crippen LogP contribution in [0.25, 0.3) is 0 Å². The molecule has 5 rings (SSSR count). The fourth-order valence-corrected chi connectivity index (χ4v) is 5.42. The van der Waals surface area contributed by atoms with Crippen LogP contribution in [0.2, 0.25) is 0 Å². The number of nitrogens with zero attached hydrogens (tertiary/aromatic N) is 2. The summed E-state index contributed by atoms with van der Waals surface area (Å²) in [6.07, 6.45) is 0. The zero-order chi connectivity index (χ0) is 25.4. The topological polar surface area (TPSA) is 99.2 Å². The summed E-state index contributed by atoms with van der Waals surface area (Å²) in [7, 11) is 1.26. The van der Waals surface area contributed by atoms with Crippen molar-refractivity contribution < 1.29 is 24.2 Å². The molecule has 0 bridgehead atoms. The quantitative estimate of drug-likeness (QED) is 0.540. The molecule has 184 valence electrons. The Balaban J connectivity index is 1.65. The zero-order valence-electron chi connectivity index (χ0n) is 19.9. The number of methoxy groups -OCH3 is 1. The lowest BCUT2D eigenvalue weighted by Gasteiger charge is -2.33. The minimum Gasteiger partial charge on any atom is -0.469 e. The van der Waals surface area contributed by atoms with Crippen LogP contribution >= 0.6 is 0 Å². The molecule has 2 unspecified atom stereocenters. The highest BCUT2D eigenvalue weighted by Gasteiger charge is 2.68. The van der Waals surface area contributed by atoms with Gasteiger partial charge in [-0.25, -0.2) is 5.01 Å². The fourth-order valence-electron chi connectivity index (χ4n) is 5.42. The van der Waals surface area contributed by atoms with E-state index < -0.39 is 47.6 Å². The van der Waals surface area contributed by atoms with Gasteiger partial charge in [0.05, 0.1) is 19.2 Å². The van der Waals surface area contributed by atoms with Gasteiger partial charge in [0, 0.05) is 5.56 Å². The number of amides is 2.